The fourth-order valence-electron chi connectivity index (χ4n) is 5.06. The smallest absolute Gasteiger partial charge is 1.00 e. The Labute approximate surface area is 336 Å². The molecule has 2 aliphatic heterocycles. The molecule has 2 aliphatic rings. The maximum absolute atomic E-state index is 15.1. The van der Waals surface area contributed by atoms with Crippen LogP contribution in [0.3, 0.4) is 0 Å². The third-order valence-electron chi connectivity index (χ3n) is 7.28. The van der Waals surface area contributed by atoms with Crippen molar-refractivity contribution < 1.29 is 108 Å². The van der Waals surface area contributed by atoms with Gasteiger partial charge in [-0.2, -0.15) is 12.7 Å². The molecule has 5 rings (SSSR count). The molecule has 0 bridgehead atoms. The van der Waals surface area contributed by atoms with Crippen LogP contribution in [-0.4, -0.2) is 99.9 Å². The Morgan fingerprint density at radius 1 is 1.14 bits per heavy atom. The van der Waals surface area contributed by atoms with Gasteiger partial charge in [-0.3, -0.25) is 18.9 Å². The number of anilines is 1. The Morgan fingerprint density at radius 2 is 1.82 bits per heavy atom. The normalized spacial score (nSPS) is 17.3. The summed E-state index contributed by atoms with van der Waals surface area (Å²) in [6.45, 7) is 1.49. The van der Waals surface area contributed by atoms with E-state index in [1.165, 1.54) is 10.6 Å². The number of β-lactam (4-membered cyclic amide) rings is 1. The number of fused-ring (bicyclic) bond motifs is 1. The van der Waals surface area contributed by atoms with Gasteiger partial charge >= 0.3 is 75.4 Å². The second-order valence-electron chi connectivity index (χ2n) is 10.3. The molecule has 49 heavy (non-hydrogen) atoms. The van der Waals surface area contributed by atoms with Gasteiger partial charge in [0.05, 0.1) is 17.7 Å². The maximum Gasteiger partial charge on any atom is 1.00 e. The first-order valence-corrected chi connectivity index (χ1v) is 16.7. The zero-order valence-electron chi connectivity index (χ0n) is 28.3. The number of carboxylic acids is 1. The Hall–Kier alpha value is -2.30. The van der Waals surface area contributed by atoms with Crippen molar-refractivity contribution in [1.82, 2.24) is 19.5 Å². The van der Waals surface area contributed by atoms with Crippen molar-refractivity contribution in [3.63, 3.8) is 0 Å². The van der Waals surface area contributed by atoms with Gasteiger partial charge < -0.3 is 37.5 Å². The maximum atomic E-state index is 15.1. The van der Waals surface area contributed by atoms with E-state index in [4.69, 9.17) is 21.7 Å². The minimum atomic E-state index is -5.02. The number of pyridine rings is 1. The van der Waals surface area contributed by atoms with E-state index in [9.17, 15) is 37.3 Å². The molecule has 0 aliphatic carbocycles. The molecule has 1 aromatic heterocycles. The van der Waals surface area contributed by atoms with Gasteiger partial charge in [-0.05, 0) is 48.2 Å². The van der Waals surface area contributed by atoms with Crippen LogP contribution in [0.5, 0.6) is 5.75 Å². The summed E-state index contributed by atoms with van der Waals surface area (Å²) >= 11 is 5.79. The molecule has 0 saturated carbocycles. The van der Waals surface area contributed by atoms with Crippen molar-refractivity contribution in [3.8, 4) is 5.75 Å². The number of para-hydroxylation sites is 1. The van der Waals surface area contributed by atoms with Crippen molar-refractivity contribution in [3.05, 3.63) is 70.3 Å². The summed E-state index contributed by atoms with van der Waals surface area (Å²) in [4.78, 5) is 51.5. The summed E-state index contributed by atoms with van der Waals surface area (Å²) in [6.07, 6.45) is 1.11. The molecule has 4 N–H and O–H groups in total. The van der Waals surface area contributed by atoms with Crippen LogP contribution in [0, 0.1) is 5.82 Å². The number of hydrogen-bond acceptors (Lipinski definition) is 12. The number of aromatic carboxylic acids is 1. The van der Waals surface area contributed by atoms with Crippen LogP contribution < -0.4 is 84.8 Å². The van der Waals surface area contributed by atoms with Gasteiger partial charge in [-0.1, -0.05) is 18.2 Å². The van der Waals surface area contributed by atoms with Gasteiger partial charge in [0.15, 0.2) is 6.61 Å². The minimum absolute atomic E-state index is 0. The van der Waals surface area contributed by atoms with Gasteiger partial charge in [0.25, 0.3) is 11.8 Å². The number of benzene rings is 2. The molecule has 2 fully saturated rings. The van der Waals surface area contributed by atoms with Crippen molar-refractivity contribution >= 4 is 73.0 Å². The Morgan fingerprint density at radius 3 is 2.45 bits per heavy atom. The third-order valence-corrected chi connectivity index (χ3v) is 9.76. The van der Waals surface area contributed by atoms with Crippen LogP contribution in [0.1, 0.15) is 13.2 Å². The number of carbonyl (C=O) groups excluding carboxylic acids is 2. The molecule has 1 unspecified atom stereocenters. The number of piperazine rings is 1. The molecule has 0 radical (unpaired) electrons. The summed E-state index contributed by atoms with van der Waals surface area (Å²) in [5, 5.41) is 13.6. The van der Waals surface area contributed by atoms with E-state index in [2.05, 4.69) is 10.6 Å². The molecular weight excluding hydrogens is 728 g/mol. The minimum Gasteiger partial charge on any atom is -1.00 e. The average molecular weight is 758 g/mol. The molecule has 21 heteroatoms. The monoisotopic (exact) mass is 757 g/mol. The molecule has 2 amide bonds. The standard InChI is InChI=1S/C28H28FN5O10S3.2Na.2H/c29-19-12-17-20(13-21(19)32-8-6-30-7-9-32)33(14-18(24(17)36)27(38)39)10-11-43-28(45)46-26-23(25(37)34(26)47(40,41)42)31-22(35)15-44-16-4-2-1-3-5-16;;;;/h1-5,12-14,23,26,30H,6-11,15H2,(H,31,35)(H,38,39)(H,40,41,42);;;;/q;2*+1;2*-1/t23-,26?;;;;/m0..../s1. The third kappa shape index (κ3) is 9.73. The molecule has 2 saturated heterocycles. The fraction of sp³-hybridized carbons (Fsp3) is 0.321. The van der Waals surface area contributed by atoms with E-state index in [0.717, 1.165) is 12.3 Å². The van der Waals surface area contributed by atoms with Crippen LogP contribution in [0.25, 0.3) is 10.9 Å². The number of carbonyl (C=O) groups is 3. The predicted octanol–water partition coefficient (Wildman–Crippen LogP) is -4.95. The van der Waals surface area contributed by atoms with E-state index < -0.39 is 62.9 Å². The van der Waals surface area contributed by atoms with E-state index in [0.29, 0.717) is 43.7 Å². The molecule has 0 spiro atoms. The number of thioether (sulfide) groups is 1. The van der Waals surface area contributed by atoms with Crippen molar-refractivity contribution in [2.24, 2.45) is 0 Å². The molecule has 3 aromatic rings. The van der Waals surface area contributed by atoms with Gasteiger partial charge in [0, 0.05) is 37.8 Å². The van der Waals surface area contributed by atoms with Gasteiger partial charge in [0.1, 0.15) is 35.2 Å². The van der Waals surface area contributed by atoms with Crippen molar-refractivity contribution in [2.75, 3.05) is 44.3 Å². The number of aromatic nitrogens is 1. The Kier molecular flexibility index (Phi) is 14.9. The SMILES string of the molecule is O=C(COc1ccccc1)N[C@H]1C(=O)N(S(=O)(=O)O)C1SC(=S)OCCn1cc(C(=O)O)c(=O)c2cc(F)c(N3CCNCC3)cc21.[H-].[H-].[Na+].[Na+]. The molecule has 2 aromatic carbocycles. The van der Waals surface area contributed by atoms with Crippen LogP contribution in [0.15, 0.2) is 53.5 Å². The van der Waals surface area contributed by atoms with E-state index >= 15 is 4.39 Å². The number of ether oxygens (including phenoxy) is 2. The molecular formula is C28H30FN5Na2O10S3. The summed E-state index contributed by atoms with van der Waals surface area (Å²) in [7, 11) is -5.02. The summed E-state index contributed by atoms with van der Waals surface area (Å²) < 4.78 is 60.6. The van der Waals surface area contributed by atoms with Gasteiger partial charge in [0.2, 0.25) is 9.81 Å². The molecule has 15 nitrogen and oxygen atoms in total. The topological polar surface area (TPSA) is 197 Å². The second-order valence-corrected chi connectivity index (χ2v) is 13.3. The van der Waals surface area contributed by atoms with E-state index in [-0.39, 0.29) is 100 Å². The number of hydrogen-bond donors (Lipinski definition) is 4. The van der Waals surface area contributed by atoms with E-state index in [1.54, 1.807) is 35.2 Å². The zero-order valence-corrected chi connectivity index (χ0v) is 32.8. The number of nitrogens with one attached hydrogen (secondary N) is 2. The Bertz CT molecular complexity index is 1910. The van der Waals surface area contributed by atoms with Gasteiger partial charge in [-0.15, -0.1) is 0 Å². The second kappa shape index (κ2) is 17.8. The first-order chi connectivity index (χ1) is 22.3. The van der Waals surface area contributed by atoms with Crippen LogP contribution in [-0.2, 0) is 31.2 Å². The largest absolute Gasteiger partial charge is 1.00 e. The first-order valence-electron chi connectivity index (χ1n) is 14.0. The summed E-state index contributed by atoms with van der Waals surface area (Å²) in [6, 6.07) is 9.43. The van der Waals surface area contributed by atoms with Crippen LogP contribution in [0.2, 0.25) is 0 Å². The number of carboxylic acid groups (broad SMARTS) is 1. The number of halogens is 1. The Balaban J connectivity index is 0.00000325. The van der Waals surface area contributed by atoms with Crippen molar-refractivity contribution in [1.29, 1.82) is 0 Å². The van der Waals surface area contributed by atoms with Crippen LogP contribution in [0.4, 0.5) is 10.1 Å². The number of amides is 2. The number of rotatable bonds is 11. The summed E-state index contributed by atoms with van der Waals surface area (Å²) in [5.41, 5.74) is -0.955. The fourth-order valence-corrected chi connectivity index (χ4v) is 7.49. The molecule has 2 atom stereocenters. The van der Waals surface area contributed by atoms with E-state index in [1.807, 2.05) is 0 Å². The van der Waals surface area contributed by atoms with Crippen LogP contribution >= 0.6 is 24.0 Å². The van der Waals surface area contributed by atoms with Gasteiger partial charge in [-0.25, -0.2) is 9.18 Å². The zero-order chi connectivity index (χ0) is 33.9. The first kappa shape index (κ1) is 41.1. The number of thiocarbonyl (C=S) groups is 1. The quantitative estimate of drug-likeness (QED) is 0.0629. The number of nitrogens with zero attached hydrogens (tertiary/aromatic N) is 3. The average Bonchev–Trinajstić information content (AvgIpc) is 3.03. The van der Waals surface area contributed by atoms with Crippen molar-refractivity contribution in [2.45, 2.75) is 18.0 Å². The molecule has 254 valence electrons. The molecule has 3 heterocycles. The predicted molar refractivity (Wildman–Crippen MR) is 175 cm³/mol. The summed E-state index contributed by atoms with van der Waals surface area (Å²) in [5.74, 6) is -3.64.